The minimum atomic E-state index is -0.546. The van der Waals surface area contributed by atoms with Gasteiger partial charge < -0.3 is 20.3 Å². The molecule has 0 radical (unpaired) electrons. The Bertz CT molecular complexity index is 983. The van der Waals surface area contributed by atoms with Gasteiger partial charge in [0, 0.05) is 19.3 Å². The van der Waals surface area contributed by atoms with Gasteiger partial charge in [-0.05, 0) is 50.8 Å². The van der Waals surface area contributed by atoms with E-state index in [0.29, 0.717) is 15.4 Å². The van der Waals surface area contributed by atoms with Gasteiger partial charge in [0.05, 0.1) is 23.6 Å². The number of hydrogen-bond acceptors (Lipinski definition) is 6. The molecular weight excluding hydrogens is 402 g/mol. The molecule has 0 aliphatic carbocycles. The number of anilines is 2. The van der Waals surface area contributed by atoms with Crippen LogP contribution in [-0.2, 0) is 16.0 Å². The quantitative estimate of drug-likeness (QED) is 0.688. The van der Waals surface area contributed by atoms with Crippen molar-refractivity contribution in [3.63, 3.8) is 0 Å². The lowest BCUT2D eigenvalue weighted by Gasteiger charge is -2.31. The Morgan fingerprint density at radius 1 is 1.23 bits per heavy atom. The van der Waals surface area contributed by atoms with Gasteiger partial charge in [-0.15, -0.1) is 11.3 Å². The zero-order valence-corrected chi connectivity index (χ0v) is 18.6. The molecular formula is C22H27N3O4S. The van der Waals surface area contributed by atoms with Crippen LogP contribution in [0.1, 0.15) is 50.1 Å². The van der Waals surface area contributed by atoms with Crippen molar-refractivity contribution in [1.29, 1.82) is 0 Å². The molecule has 0 fully saturated rings. The maximum atomic E-state index is 12.9. The smallest absolute Gasteiger partial charge is 0.341 e. The predicted molar refractivity (Wildman–Crippen MR) is 119 cm³/mol. The molecule has 0 saturated carbocycles. The Kier molecular flexibility index (Phi) is 6.77. The molecule has 3 rings (SSSR count). The minimum Gasteiger partial charge on any atom is -0.462 e. The number of benzene rings is 1. The third-order valence-corrected chi connectivity index (χ3v) is 6.30. The van der Waals surface area contributed by atoms with E-state index in [-0.39, 0.29) is 30.5 Å². The maximum Gasteiger partial charge on any atom is 0.341 e. The van der Waals surface area contributed by atoms with Crippen molar-refractivity contribution in [3.8, 4) is 0 Å². The van der Waals surface area contributed by atoms with Crippen molar-refractivity contribution >= 4 is 39.8 Å². The number of rotatable bonds is 6. The normalized spacial score (nSPS) is 12.9. The minimum absolute atomic E-state index is 0.171. The fraction of sp³-hybridized carbons (Fsp3) is 0.409. The number of carbonyl (C=O) groups excluding carboxylic acids is 3. The fourth-order valence-corrected chi connectivity index (χ4v) is 4.85. The lowest BCUT2D eigenvalue weighted by atomic mass is 9.99. The van der Waals surface area contributed by atoms with Crippen molar-refractivity contribution in [2.24, 2.45) is 0 Å². The van der Waals surface area contributed by atoms with Gasteiger partial charge in [0.2, 0.25) is 5.91 Å². The first-order chi connectivity index (χ1) is 14.3. The molecule has 7 nitrogen and oxygen atoms in total. The van der Waals surface area contributed by atoms with Crippen LogP contribution in [0.4, 0.5) is 10.7 Å². The van der Waals surface area contributed by atoms with Crippen LogP contribution in [0.3, 0.4) is 0 Å². The molecule has 0 spiro atoms. The summed E-state index contributed by atoms with van der Waals surface area (Å²) in [5.41, 5.74) is 4.27. The highest BCUT2D eigenvalue weighted by Crippen LogP contribution is 2.34. The zero-order chi connectivity index (χ0) is 21.8. The first-order valence-corrected chi connectivity index (χ1v) is 10.8. The van der Waals surface area contributed by atoms with E-state index in [1.54, 1.807) is 13.8 Å². The van der Waals surface area contributed by atoms with Gasteiger partial charge >= 0.3 is 5.97 Å². The Balaban J connectivity index is 1.83. The number of carbonyl (C=O) groups is 3. The summed E-state index contributed by atoms with van der Waals surface area (Å²) in [6.45, 7) is 6.64. The Morgan fingerprint density at radius 2 is 2.00 bits per heavy atom. The third kappa shape index (κ3) is 4.48. The molecule has 0 unspecified atom stereocenters. The van der Waals surface area contributed by atoms with Gasteiger partial charge in [0.1, 0.15) is 5.00 Å². The number of amides is 2. The molecule has 2 N–H and O–H groups in total. The van der Waals surface area contributed by atoms with Crippen molar-refractivity contribution in [3.05, 3.63) is 45.3 Å². The van der Waals surface area contributed by atoms with E-state index in [0.717, 1.165) is 36.4 Å². The summed E-state index contributed by atoms with van der Waals surface area (Å²) >= 11 is 1.09. The molecule has 1 aliphatic heterocycles. The van der Waals surface area contributed by atoms with Crippen molar-refractivity contribution < 1.29 is 19.1 Å². The van der Waals surface area contributed by atoms with Gasteiger partial charge in [-0.1, -0.05) is 17.7 Å². The summed E-state index contributed by atoms with van der Waals surface area (Å²) in [4.78, 5) is 39.9. The number of esters is 1. The average molecular weight is 430 g/mol. The van der Waals surface area contributed by atoms with Gasteiger partial charge in [-0.2, -0.15) is 0 Å². The summed E-state index contributed by atoms with van der Waals surface area (Å²) in [5, 5.41) is 5.75. The second kappa shape index (κ2) is 9.30. The van der Waals surface area contributed by atoms with Crippen molar-refractivity contribution in [1.82, 2.24) is 5.32 Å². The van der Waals surface area contributed by atoms with E-state index < -0.39 is 5.97 Å². The molecule has 160 valence electrons. The summed E-state index contributed by atoms with van der Waals surface area (Å²) in [5.74, 6) is -1.09. The summed E-state index contributed by atoms with van der Waals surface area (Å²) in [6, 6.07) is 6.27. The van der Waals surface area contributed by atoms with Crippen LogP contribution in [0.5, 0.6) is 0 Å². The largest absolute Gasteiger partial charge is 0.462 e. The van der Waals surface area contributed by atoms with Gasteiger partial charge in [-0.25, -0.2) is 4.79 Å². The molecule has 0 atom stereocenters. The van der Waals surface area contributed by atoms with E-state index in [1.165, 1.54) is 18.2 Å². The van der Waals surface area contributed by atoms with Crippen LogP contribution in [0.25, 0.3) is 0 Å². The molecule has 1 aromatic heterocycles. The van der Waals surface area contributed by atoms with Gasteiger partial charge in [0.25, 0.3) is 5.91 Å². The van der Waals surface area contributed by atoms with Crippen molar-refractivity contribution in [2.75, 3.05) is 37.0 Å². The predicted octanol–water partition coefficient (Wildman–Crippen LogP) is 3.29. The lowest BCUT2D eigenvalue weighted by Crippen LogP contribution is -2.36. The molecule has 1 aliphatic rings. The molecule has 2 heterocycles. The SMILES string of the molecule is CCOC(=O)c1c(NC(=O)CN2CCCc3cc(C)ccc32)sc(C(=O)NC)c1C. The molecule has 2 aromatic rings. The maximum absolute atomic E-state index is 12.9. The summed E-state index contributed by atoms with van der Waals surface area (Å²) in [7, 11) is 1.53. The van der Waals surface area contributed by atoms with Crippen LogP contribution in [0.15, 0.2) is 18.2 Å². The van der Waals surface area contributed by atoms with E-state index >= 15 is 0 Å². The highest BCUT2D eigenvalue weighted by molar-refractivity contribution is 7.18. The van der Waals surface area contributed by atoms with E-state index in [2.05, 4.69) is 34.6 Å². The number of aryl methyl sites for hydroxylation is 2. The number of nitrogens with one attached hydrogen (secondary N) is 2. The number of hydrogen-bond donors (Lipinski definition) is 2. The molecule has 8 heteroatoms. The topological polar surface area (TPSA) is 87.7 Å². The van der Waals surface area contributed by atoms with Crippen LogP contribution in [0, 0.1) is 13.8 Å². The highest BCUT2D eigenvalue weighted by Gasteiger charge is 2.27. The average Bonchev–Trinajstić information content (AvgIpc) is 3.03. The first-order valence-electron chi connectivity index (χ1n) is 10.0. The lowest BCUT2D eigenvalue weighted by molar-refractivity contribution is -0.115. The molecule has 1 aromatic carbocycles. The number of nitrogens with zero attached hydrogens (tertiary/aromatic N) is 1. The number of ether oxygens (including phenoxy) is 1. The first kappa shape index (κ1) is 21.8. The van der Waals surface area contributed by atoms with Gasteiger partial charge in [0.15, 0.2) is 0 Å². The Morgan fingerprint density at radius 3 is 2.70 bits per heavy atom. The van der Waals surface area contributed by atoms with Crippen LogP contribution in [0.2, 0.25) is 0 Å². The van der Waals surface area contributed by atoms with E-state index in [9.17, 15) is 14.4 Å². The van der Waals surface area contributed by atoms with Gasteiger partial charge in [-0.3, -0.25) is 9.59 Å². The monoisotopic (exact) mass is 429 g/mol. The van der Waals surface area contributed by atoms with Crippen molar-refractivity contribution in [2.45, 2.75) is 33.6 Å². The number of thiophene rings is 1. The molecule has 0 bridgehead atoms. The van der Waals surface area contributed by atoms with Crippen LogP contribution >= 0.6 is 11.3 Å². The molecule has 0 saturated heterocycles. The second-order valence-electron chi connectivity index (χ2n) is 7.27. The Hall–Kier alpha value is -2.87. The molecule has 30 heavy (non-hydrogen) atoms. The standard InChI is InChI=1S/C22H27N3O4S/c1-5-29-22(28)18-14(3)19(20(27)23-4)30-21(18)24-17(26)12-25-10-6-7-15-11-13(2)8-9-16(15)25/h8-9,11H,5-7,10,12H2,1-4H3,(H,23,27)(H,24,26). The summed E-state index contributed by atoms with van der Waals surface area (Å²) < 4.78 is 5.14. The highest BCUT2D eigenvalue weighted by atomic mass is 32.1. The Labute approximate surface area is 180 Å². The second-order valence-corrected chi connectivity index (χ2v) is 8.29. The third-order valence-electron chi connectivity index (χ3n) is 5.10. The molecule has 2 amide bonds. The summed E-state index contributed by atoms with van der Waals surface area (Å²) in [6.07, 6.45) is 1.98. The zero-order valence-electron chi connectivity index (χ0n) is 17.8. The van der Waals surface area contributed by atoms with E-state index in [4.69, 9.17) is 4.74 Å². The number of fused-ring (bicyclic) bond motifs is 1. The fourth-order valence-electron chi connectivity index (χ4n) is 3.69. The van der Waals surface area contributed by atoms with Crippen LogP contribution < -0.4 is 15.5 Å². The van der Waals surface area contributed by atoms with Crippen LogP contribution in [-0.4, -0.2) is 44.5 Å². The van der Waals surface area contributed by atoms with E-state index in [1.807, 2.05) is 6.07 Å².